The predicted octanol–water partition coefficient (Wildman–Crippen LogP) is 1.50. The van der Waals surface area contributed by atoms with Gasteiger partial charge in [-0.1, -0.05) is 12.2 Å². The summed E-state index contributed by atoms with van der Waals surface area (Å²) in [5.41, 5.74) is 12.4. The number of nitrogens with two attached hydrogens (primary N) is 2. The number of allylic oxidation sites excluding steroid dienone is 2. The van der Waals surface area contributed by atoms with Crippen molar-refractivity contribution < 1.29 is 23.1 Å². The number of amides is 2. The summed E-state index contributed by atoms with van der Waals surface area (Å²) in [5, 5.41) is 10.2. The summed E-state index contributed by atoms with van der Waals surface area (Å²) in [4.78, 5) is 30.1. The Kier molecular flexibility index (Phi) is 5.60. The van der Waals surface area contributed by atoms with Crippen LogP contribution in [0.15, 0.2) is 78.8 Å². The molecule has 4 rings (SSSR count). The number of hydrogen-bond donors (Lipinski definition) is 3. The van der Waals surface area contributed by atoms with Crippen molar-refractivity contribution in [3.8, 4) is 11.8 Å². The molecule has 9 nitrogen and oxygen atoms in total. The third-order valence-corrected chi connectivity index (χ3v) is 5.53. The van der Waals surface area contributed by atoms with Crippen LogP contribution in [0, 0.1) is 22.6 Å². The molecule has 2 amide bonds. The zero-order valence-electron chi connectivity index (χ0n) is 17.5. The highest BCUT2D eigenvalue weighted by Crippen LogP contribution is 2.42. The van der Waals surface area contributed by atoms with E-state index in [2.05, 4.69) is 10.4 Å². The number of ether oxygens (including phenoxy) is 1. The molecule has 2 aromatic rings. The van der Waals surface area contributed by atoms with Crippen molar-refractivity contribution in [2.45, 2.75) is 11.9 Å². The van der Waals surface area contributed by atoms with Gasteiger partial charge in [0.05, 0.1) is 5.69 Å². The van der Waals surface area contributed by atoms with E-state index in [-0.39, 0.29) is 22.6 Å². The Balaban J connectivity index is 1.75. The number of nitrogens with one attached hydrogen (secondary N) is 1. The largest absolute Gasteiger partial charge is 0.451 e. The molecule has 0 saturated carbocycles. The Morgan fingerprint density at radius 1 is 1.26 bits per heavy atom. The molecular weight excluding hydrogens is 446 g/mol. The van der Waals surface area contributed by atoms with Crippen LogP contribution in [-0.2, 0) is 9.59 Å². The Hall–Kier alpha value is -4.56. The number of carbonyl (C=O) groups is 2. The van der Waals surface area contributed by atoms with Gasteiger partial charge in [-0.2, -0.15) is 9.65 Å². The molecule has 3 atom stereocenters. The third-order valence-electron chi connectivity index (χ3n) is 5.53. The number of rotatable bonds is 5. The van der Waals surface area contributed by atoms with Crippen LogP contribution in [0.2, 0.25) is 0 Å². The second-order valence-corrected chi connectivity index (χ2v) is 7.49. The fourth-order valence-electron chi connectivity index (χ4n) is 3.77. The number of benzene rings is 1. The quantitative estimate of drug-likeness (QED) is 0.568. The first-order chi connectivity index (χ1) is 16.2. The number of primary amides is 1. The lowest BCUT2D eigenvalue weighted by Gasteiger charge is -2.42. The van der Waals surface area contributed by atoms with Gasteiger partial charge in [0, 0.05) is 24.7 Å². The number of hydrogen-bond acceptors (Lipinski definition) is 7. The molecule has 1 aliphatic heterocycles. The van der Waals surface area contributed by atoms with E-state index in [4.69, 9.17) is 16.2 Å². The summed E-state index contributed by atoms with van der Waals surface area (Å²) in [6.45, 7) is 0. The topological polar surface area (TPSA) is 147 Å². The molecule has 2 heterocycles. The average Bonchev–Trinajstić information content (AvgIpc) is 2.82. The molecule has 1 aliphatic carbocycles. The SMILES string of the molecule is N#Cc1cnccc1OC1(F)C=CC=C(C2(C(N)=O)C=CNN(c3ccc(F)cc3)C2=O)C1N. The number of halogens is 2. The maximum absolute atomic E-state index is 16.0. The molecule has 2 aliphatic rings. The maximum Gasteiger partial charge on any atom is 0.286 e. The smallest absolute Gasteiger partial charge is 0.286 e. The van der Waals surface area contributed by atoms with E-state index in [1.54, 1.807) is 0 Å². The van der Waals surface area contributed by atoms with Crippen molar-refractivity contribution in [1.82, 2.24) is 10.4 Å². The summed E-state index contributed by atoms with van der Waals surface area (Å²) in [7, 11) is 0. The van der Waals surface area contributed by atoms with Gasteiger partial charge < -0.3 is 16.2 Å². The molecule has 0 saturated heterocycles. The highest BCUT2D eigenvalue weighted by Gasteiger charge is 2.56. The van der Waals surface area contributed by atoms with Crippen LogP contribution in [-0.4, -0.2) is 28.7 Å². The lowest BCUT2D eigenvalue weighted by Crippen LogP contribution is -2.62. The normalized spacial score (nSPS) is 25.8. The van der Waals surface area contributed by atoms with E-state index in [1.807, 2.05) is 6.07 Å². The van der Waals surface area contributed by atoms with Gasteiger partial charge in [-0.15, -0.1) is 0 Å². The van der Waals surface area contributed by atoms with Crippen LogP contribution in [0.5, 0.6) is 5.75 Å². The van der Waals surface area contributed by atoms with Gasteiger partial charge in [0.1, 0.15) is 29.2 Å². The van der Waals surface area contributed by atoms with Gasteiger partial charge in [0.15, 0.2) is 5.41 Å². The van der Waals surface area contributed by atoms with E-state index in [0.717, 1.165) is 23.2 Å². The van der Waals surface area contributed by atoms with Crippen LogP contribution in [0.1, 0.15) is 5.56 Å². The van der Waals surface area contributed by atoms with Crippen LogP contribution < -0.4 is 26.6 Å². The molecule has 172 valence electrons. The minimum atomic E-state index is -2.74. The standard InChI is InChI=1S/C23H18F2N6O3/c24-15-3-5-16(6-4-15)31-21(33)22(20(28)32,9-11-30-31)17-2-1-8-23(25,19(17)27)34-18-7-10-29-13-14(18)12-26/h1-11,13,19,30H,27H2,(H2,28,32). The number of aromatic nitrogens is 1. The Labute approximate surface area is 192 Å². The van der Waals surface area contributed by atoms with Crippen LogP contribution in [0.25, 0.3) is 0 Å². The van der Waals surface area contributed by atoms with Gasteiger partial charge in [-0.05, 0) is 42.0 Å². The highest BCUT2D eigenvalue weighted by atomic mass is 19.2. The summed E-state index contributed by atoms with van der Waals surface area (Å²) in [5.74, 6) is -5.38. The molecule has 34 heavy (non-hydrogen) atoms. The number of nitrogens with zero attached hydrogens (tertiary/aromatic N) is 3. The molecule has 1 aromatic carbocycles. The zero-order valence-corrected chi connectivity index (χ0v) is 17.5. The maximum atomic E-state index is 16.0. The number of alkyl halides is 1. The van der Waals surface area contributed by atoms with Crippen molar-refractivity contribution in [3.63, 3.8) is 0 Å². The zero-order chi connectivity index (χ0) is 24.5. The monoisotopic (exact) mass is 464 g/mol. The van der Waals surface area contributed by atoms with Gasteiger partial charge in [0.25, 0.3) is 11.8 Å². The summed E-state index contributed by atoms with van der Waals surface area (Å²) in [6.07, 6.45) is 8.50. The summed E-state index contributed by atoms with van der Waals surface area (Å²) >= 11 is 0. The number of nitriles is 1. The number of anilines is 1. The van der Waals surface area contributed by atoms with Gasteiger partial charge >= 0.3 is 0 Å². The van der Waals surface area contributed by atoms with E-state index in [9.17, 15) is 19.2 Å². The average molecular weight is 464 g/mol. The molecule has 0 fully saturated rings. The molecule has 1 aromatic heterocycles. The van der Waals surface area contributed by atoms with Crippen molar-refractivity contribution in [2.24, 2.45) is 16.9 Å². The lowest BCUT2D eigenvalue weighted by atomic mass is 9.71. The first-order valence-corrected chi connectivity index (χ1v) is 9.94. The van der Waals surface area contributed by atoms with Crippen molar-refractivity contribution in [2.75, 3.05) is 5.01 Å². The molecule has 0 spiro atoms. The summed E-state index contributed by atoms with van der Waals surface area (Å²) in [6, 6.07) is 6.34. The first-order valence-electron chi connectivity index (χ1n) is 9.94. The molecule has 0 bridgehead atoms. The van der Waals surface area contributed by atoms with E-state index >= 15 is 4.39 Å². The van der Waals surface area contributed by atoms with E-state index in [0.29, 0.717) is 0 Å². The Bertz CT molecular complexity index is 1290. The number of pyridine rings is 1. The molecule has 5 N–H and O–H groups in total. The highest BCUT2D eigenvalue weighted by molar-refractivity contribution is 6.16. The van der Waals surface area contributed by atoms with Crippen molar-refractivity contribution in [1.29, 1.82) is 5.26 Å². The molecule has 3 unspecified atom stereocenters. The van der Waals surface area contributed by atoms with Crippen LogP contribution in [0.3, 0.4) is 0 Å². The van der Waals surface area contributed by atoms with Crippen LogP contribution in [0.4, 0.5) is 14.5 Å². The predicted molar refractivity (Wildman–Crippen MR) is 116 cm³/mol. The van der Waals surface area contributed by atoms with E-state index in [1.165, 1.54) is 55.0 Å². The second kappa shape index (κ2) is 8.42. The fraction of sp³-hybridized carbons (Fsp3) is 0.130. The summed E-state index contributed by atoms with van der Waals surface area (Å²) < 4.78 is 34.8. The first kappa shape index (κ1) is 22.6. The minimum absolute atomic E-state index is 0.0406. The molecular formula is C23H18F2N6O3. The number of carbonyl (C=O) groups excluding carboxylic acids is 2. The number of hydrazine groups is 1. The second-order valence-electron chi connectivity index (χ2n) is 7.49. The van der Waals surface area contributed by atoms with Crippen molar-refractivity contribution in [3.05, 3.63) is 90.2 Å². The minimum Gasteiger partial charge on any atom is -0.451 e. The van der Waals surface area contributed by atoms with Crippen LogP contribution >= 0.6 is 0 Å². The van der Waals surface area contributed by atoms with E-state index < -0.39 is 34.9 Å². The Morgan fingerprint density at radius 3 is 2.68 bits per heavy atom. The van der Waals surface area contributed by atoms with Crippen molar-refractivity contribution >= 4 is 17.5 Å². The van der Waals surface area contributed by atoms with Gasteiger partial charge in [0.2, 0.25) is 5.91 Å². The Morgan fingerprint density at radius 2 is 2.00 bits per heavy atom. The molecule has 11 heteroatoms. The third kappa shape index (κ3) is 3.56. The van der Waals surface area contributed by atoms with Gasteiger partial charge in [-0.25, -0.2) is 9.40 Å². The lowest BCUT2D eigenvalue weighted by molar-refractivity contribution is -0.136. The molecule has 0 radical (unpaired) electrons. The fourth-order valence-corrected chi connectivity index (χ4v) is 3.77. The van der Waals surface area contributed by atoms with Gasteiger partial charge in [-0.3, -0.25) is 20.0 Å².